The third-order valence-corrected chi connectivity index (χ3v) is 1.68. The summed E-state index contributed by atoms with van der Waals surface area (Å²) in [5, 5.41) is 8.35. The number of carbonyl (C=O) groups is 1. The molecule has 0 aliphatic heterocycles. The minimum Gasteiger partial charge on any atom is -0.481 e. The van der Waals surface area contributed by atoms with Gasteiger partial charge in [-0.15, -0.1) is 0 Å². The second kappa shape index (κ2) is 7.06. The normalized spacial score (nSPS) is 11.1. The van der Waals surface area contributed by atoms with Gasteiger partial charge in [0.25, 0.3) is 0 Å². The van der Waals surface area contributed by atoms with E-state index in [1.54, 1.807) is 0 Å². The molecule has 0 spiro atoms. The van der Waals surface area contributed by atoms with Crippen LogP contribution in [0.3, 0.4) is 0 Å². The summed E-state index contributed by atoms with van der Waals surface area (Å²) >= 11 is 0. The van der Waals surface area contributed by atoms with E-state index in [0.717, 1.165) is 6.08 Å². The van der Waals surface area contributed by atoms with Gasteiger partial charge in [0.1, 0.15) is 5.83 Å². The largest absolute Gasteiger partial charge is 0.481 e. The van der Waals surface area contributed by atoms with Gasteiger partial charge in [-0.25, -0.2) is 4.39 Å². The monoisotopic (exact) mass is 198 g/mol. The average Bonchev–Trinajstić information content (AvgIpc) is 2.12. The highest BCUT2D eigenvalue weighted by Crippen LogP contribution is 2.11. The minimum absolute atomic E-state index is 0.154. The zero-order chi connectivity index (χ0) is 11.0. The van der Waals surface area contributed by atoms with Crippen LogP contribution in [0.2, 0.25) is 0 Å². The standard InChI is InChI=1S/C11H15FO2/c1-3-10(12)8-9(2)6-4-5-7-11(13)14/h3,8H,1-2,4-7H2,(H,13,14)/b10-8+. The van der Waals surface area contributed by atoms with Crippen molar-refractivity contribution in [1.82, 2.24) is 0 Å². The lowest BCUT2D eigenvalue weighted by Crippen LogP contribution is -1.93. The molecule has 14 heavy (non-hydrogen) atoms. The minimum atomic E-state index is -0.802. The molecule has 0 radical (unpaired) electrons. The highest BCUT2D eigenvalue weighted by molar-refractivity contribution is 5.66. The van der Waals surface area contributed by atoms with Crippen molar-refractivity contribution >= 4 is 5.97 Å². The van der Waals surface area contributed by atoms with Gasteiger partial charge in [0.05, 0.1) is 0 Å². The molecule has 0 unspecified atom stereocenters. The molecule has 0 aliphatic carbocycles. The molecule has 0 aromatic carbocycles. The Morgan fingerprint density at radius 2 is 1.93 bits per heavy atom. The number of unbranched alkanes of at least 4 members (excludes halogenated alkanes) is 1. The lowest BCUT2D eigenvalue weighted by Gasteiger charge is -1.98. The molecule has 0 bridgehead atoms. The van der Waals surface area contributed by atoms with Crippen molar-refractivity contribution in [1.29, 1.82) is 0 Å². The molecule has 0 heterocycles. The summed E-state index contributed by atoms with van der Waals surface area (Å²) in [6.45, 7) is 6.92. The predicted molar refractivity (Wildman–Crippen MR) is 54.6 cm³/mol. The van der Waals surface area contributed by atoms with Gasteiger partial charge in [-0.2, -0.15) is 0 Å². The molecule has 0 aromatic rings. The molecule has 0 amide bonds. The summed E-state index contributed by atoms with van der Waals surface area (Å²) in [5.41, 5.74) is 0.660. The lowest BCUT2D eigenvalue weighted by atomic mass is 10.1. The van der Waals surface area contributed by atoms with Crippen LogP contribution >= 0.6 is 0 Å². The Labute approximate surface area is 83.4 Å². The van der Waals surface area contributed by atoms with Gasteiger partial charge < -0.3 is 5.11 Å². The van der Waals surface area contributed by atoms with Crippen molar-refractivity contribution in [3.05, 3.63) is 36.7 Å². The average molecular weight is 198 g/mol. The summed E-state index contributed by atoms with van der Waals surface area (Å²) < 4.78 is 12.6. The molecular formula is C11H15FO2. The Balaban J connectivity index is 3.65. The van der Waals surface area contributed by atoms with Gasteiger partial charge >= 0.3 is 5.97 Å². The van der Waals surface area contributed by atoms with Crippen molar-refractivity contribution in [3.8, 4) is 0 Å². The predicted octanol–water partition coefficient (Wildman–Crippen LogP) is 3.23. The Kier molecular flexibility index (Phi) is 6.37. The molecule has 3 heteroatoms. The number of allylic oxidation sites excluding steroid dienone is 4. The molecule has 1 N–H and O–H groups in total. The van der Waals surface area contributed by atoms with Crippen molar-refractivity contribution in [2.75, 3.05) is 0 Å². The highest BCUT2D eigenvalue weighted by atomic mass is 19.1. The summed E-state index contributed by atoms with van der Waals surface area (Å²) in [4.78, 5) is 10.2. The fraction of sp³-hybridized carbons (Fsp3) is 0.364. The Bertz CT molecular complexity index is 254. The van der Waals surface area contributed by atoms with Crippen LogP contribution in [0.25, 0.3) is 0 Å². The van der Waals surface area contributed by atoms with E-state index in [2.05, 4.69) is 13.2 Å². The van der Waals surface area contributed by atoms with E-state index in [1.807, 2.05) is 0 Å². The number of rotatable bonds is 7. The van der Waals surface area contributed by atoms with Crippen molar-refractivity contribution in [3.63, 3.8) is 0 Å². The van der Waals surface area contributed by atoms with Crippen LogP contribution in [0.15, 0.2) is 36.7 Å². The third kappa shape index (κ3) is 7.28. The van der Waals surface area contributed by atoms with Crippen LogP contribution < -0.4 is 0 Å². The SMILES string of the molecule is C=C/C(F)=C\C(=C)CCCCC(=O)O. The zero-order valence-corrected chi connectivity index (χ0v) is 8.13. The molecular weight excluding hydrogens is 183 g/mol. The van der Waals surface area contributed by atoms with Crippen LogP contribution in [0.4, 0.5) is 4.39 Å². The fourth-order valence-corrected chi connectivity index (χ4v) is 0.954. The van der Waals surface area contributed by atoms with E-state index in [9.17, 15) is 9.18 Å². The Hall–Kier alpha value is -1.38. The maximum atomic E-state index is 12.6. The van der Waals surface area contributed by atoms with E-state index in [4.69, 9.17) is 5.11 Å². The van der Waals surface area contributed by atoms with Gasteiger partial charge in [-0.1, -0.05) is 18.7 Å². The molecule has 0 atom stereocenters. The van der Waals surface area contributed by atoms with Gasteiger partial charge in [0.2, 0.25) is 0 Å². The topological polar surface area (TPSA) is 37.3 Å². The molecule has 0 saturated heterocycles. The lowest BCUT2D eigenvalue weighted by molar-refractivity contribution is -0.137. The summed E-state index contributed by atoms with van der Waals surface area (Å²) in [7, 11) is 0. The van der Waals surface area contributed by atoms with Gasteiger partial charge in [-0.05, 0) is 31.4 Å². The smallest absolute Gasteiger partial charge is 0.303 e. The van der Waals surface area contributed by atoms with E-state index < -0.39 is 11.8 Å². The fourth-order valence-electron chi connectivity index (χ4n) is 0.954. The van der Waals surface area contributed by atoms with Crippen LogP contribution in [0.1, 0.15) is 25.7 Å². The molecule has 0 saturated carbocycles. The first-order valence-electron chi connectivity index (χ1n) is 4.45. The van der Waals surface area contributed by atoms with E-state index in [0.29, 0.717) is 24.8 Å². The van der Waals surface area contributed by atoms with Crippen molar-refractivity contribution in [2.24, 2.45) is 0 Å². The summed E-state index contributed by atoms with van der Waals surface area (Å²) in [6, 6.07) is 0. The number of carboxylic acid groups (broad SMARTS) is 1. The second-order valence-corrected chi connectivity index (χ2v) is 2.99. The van der Waals surface area contributed by atoms with Crippen LogP contribution in [-0.2, 0) is 4.79 Å². The number of carboxylic acids is 1. The zero-order valence-electron chi connectivity index (χ0n) is 8.13. The molecule has 0 rings (SSSR count). The number of hydrogen-bond donors (Lipinski definition) is 1. The Morgan fingerprint density at radius 3 is 2.43 bits per heavy atom. The van der Waals surface area contributed by atoms with Crippen LogP contribution in [0.5, 0.6) is 0 Å². The molecule has 0 aliphatic rings. The van der Waals surface area contributed by atoms with Gasteiger partial charge in [0.15, 0.2) is 0 Å². The molecule has 78 valence electrons. The number of aliphatic carboxylic acids is 1. The maximum Gasteiger partial charge on any atom is 0.303 e. The first-order valence-corrected chi connectivity index (χ1v) is 4.45. The van der Waals surface area contributed by atoms with E-state index in [1.165, 1.54) is 6.08 Å². The van der Waals surface area contributed by atoms with Gasteiger partial charge in [0, 0.05) is 6.42 Å². The van der Waals surface area contributed by atoms with Crippen molar-refractivity contribution in [2.45, 2.75) is 25.7 Å². The summed E-state index contributed by atoms with van der Waals surface area (Å²) in [5.74, 6) is -1.21. The summed E-state index contributed by atoms with van der Waals surface area (Å²) in [6.07, 6.45) is 4.51. The first kappa shape index (κ1) is 12.6. The van der Waals surface area contributed by atoms with E-state index >= 15 is 0 Å². The first-order chi connectivity index (χ1) is 6.56. The number of hydrogen-bond acceptors (Lipinski definition) is 1. The van der Waals surface area contributed by atoms with E-state index in [-0.39, 0.29) is 6.42 Å². The van der Waals surface area contributed by atoms with Crippen LogP contribution in [-0.4, -0.2) is 11.1 Å². The highest BCUT2D eigenvalue weighted by Gasteiger charge is 1.97. The second-order valence-electron chi connectivity index (χ2n) is 2.99. The quantitative estimate of drug-likeness (QED) is 0.503. The maximum absolute atomic E-state index is 12.6. The molecule has 0 fully saturated rings. The number of halogens is 1. The van der Waals surface area contributed by atoms with Crippen molar-refractivity contribution < 1.29 is 14.3 Å². The van der Waals surface area contributed by atoms with Gasteiger partial charge in [-0.3, -0.25) is 4.79 Å². The molecule has 0 aromatic heterocycles. The Morgan fingerprint density at radius 1 is 1.36 bits per heavy atom. The molecule has 2 nitrogen and oxygen atoms in total. The van der Waals surface area contributed by atoms with Crippen LogP contribution in [0, 0.1) is 0 Å². The third-order valence-electron chi connectivity index (χ3n) is 1.68.